The molecule has 0 amide bonds. The van der Waals surface area contributed by atoms with Gasteiger partial charge in [-0.15, -0.1) is 0 Å². The number of halogens is 2. The lowest BCUT2D eigenvalue weighted by molar-refractivity contribution is 0.429. The molecule has 0 unspecified atom stereocenters. The first-order valence-corrected chi connectivity index (χ1v) is 7.79. The molecule has 19 heavy (non-hydrogen) atoms. The molecule has 0 spiro atoms. The maximum Gasteiger partial charge on any atom is 0.182 e. The molecule has 3 nitrogen and oxygen atoms in total. The van der Waals surface area contributed by atoms with Gasteiger partial charge in [0, 0.05) is 21.0 Å². The zero-order valence-corrected chi connectivity index (χ0v) is 12.8. The third-order valence-electron chi connectivity index (χ3n) is 3.66. The standard InChI is InChI=1S/C14H15BrClN3/c15-12-7-6-10(16)8-11(12)14-17-13(18-19-14)9-4-2-1-3-5-9/h6-9H,1-5H2,(H,17,18,19). The largest absolute Gasteiger partial charge is 0.262 e. The van der Waals surface area contributed by atoms with E-state index in [1.807, 2.05) is 18.2 Å². The molecule has 1 aromatic heterocycles. The molecule has 0 radical (unpaired) electrons. The fraction of sp³-hybridized carbons (Fsp3) is 0.429. The van der Waals surface area contributed by atoms with Crippen LogP contribution >= 0.6 is 27.5 Å². The quantitative estimate of drug-likeness (QED) is 0.841. The molecule has 1 aliphatic rings. The van der Waals surface area contributed by atoms with Gasteiger partial charge in [-0.3, -0.25) is 5.10 Å². The molecule has 1 fully saturated rings. The number of aromatic amines is 1. The Bertz CT molecular complexity index is 576. The number of nitrogens with zero attached hydrogens (tertiary/aromatic N) is 2. The minimum atomic E-state index is 0.535. The van der Waals surface area contributed by atoms with Gasteiger partial charge in [-0.1, -0.05) is 46.8 Å². The molecule has 0 saturated heterocycles. The van der Waals surface area contributed by atoms with Gasteiger partial charge in [0.25, 0.3) is 0 Å². The van der Waals surface area contributed by atoms with Crippen molar-refractivity contribution in [3.8, 4) is 11.4 Å². The van der Waals surface area contributed by atoms with E-state index in [-0.39, 0.29) is 0 Å². The second-order valence-corrected chi connectivity index (χ2v) is 6.29. The van der Waals surface area contributed by atoms with Crippen molar-refractivity contribution in [2.45, 2.75) is 38.0 Å². The van der Waals surface area contributed by atoms with Crippen LogP contribution in [-0.4, -0.2) is 15.2 Å². The first-order chi connectivity index (χ1) is 9.24. The van der Waals surface area contributed by atoms with Crippen LogP contribution in [0.5, 0.6) is 0 Å². The van der Waals surface area contributed by atoms with Gasteiger partial charge in [0.15, 0.2) is 5.82 Å². The third-order valence-corrected chi connectivity index (χ3v) is 4.59. The van der Waals surface area contributed by atoms with Crippen molar-refractivity contribution >= 4 is 27.5 Å². The van der Waals surface area contributed by atoms with E-state index >= 15 is 0 Å². The fourth-order valence-electron chi connectivity index (χ4n) is 2.62. The van der Waals surface area contributed by atoms with Crippen LogP contribution in [0.25, 0.3) is 11.4 Å². The number of hydrogen-bond donors (Lipinski definition) is 1. The lowest BCUT2D eigenvalue weighted by Crippen LogP contribution is -2.06. The molecule has 0 bridgehead atoms. The van der Waals surface area contributed by atoms with Crippen molar-refractivity contribution in [2.75, 3.05) is 0 Å². The SMILES string of the molecule is Clc1ccc(Br)c(-c2n[nH]c(C3CCCCC3)n2)c1. The fourth-order valence-corrected chi connectivity index (χ4v) is 3.22. The van der Waals surface area contributed by atoms with Gasteiger partial charge in [-0.05, 0) is 31.0 Å². The number of benzene rings is 1. The molecule has 1 heterocycles. The molecule has 1 aromatic carbocycles. The zero-order chi connectivity index (χ0) is 13.2. The van der Waals surface area contributed by atoms with Gasteiger partial charge in [0.1, 0.15) is 5.82 Å². The maximum absolute atomic E-state index is 6.04. The lowest BCUT2D eigenvalue weighted by Gasteiger charge is -2.18. The van der Waals surface area contributed by atoms with Gasteiger partial charge in [-0.2, -0.15) is 5.10 Å². The molecule has 1 saturated carbocycles. The second-order valence-electron chi connectivity index (χ2n) is 5.00. The van der Waals surface area contributed by atoms with E-state index in [1.54, 1.807) is 0 Å². The Balaban J connectivity index is 1.89. The van der Waals surface area contributed by atoms with Crippen LogP contribution in [0.4, 0.5) is 0 Å². The van der Waals surface area contributed by atoms with Crippen LogP contribution in [0, 0.1) is 0 Å². The molecule has 1 N–H and O–H groups in total. The summed E-state index contributed by atoms with van der Waals surface area (Å²) in [7, 11) is 0. The van der Waals surface area contributed by atoms with Crippen molar-refractivity contribution in [1.82, 2.24) is 15.2 Å². The smallest absolute Gasteiger partial charge is 0.182 e. The summed E-state index contributed by atoms with van der Waals surface area (Å²) in [6, 6.07) is 5.66. The normalized spacial score (nSPS) is 16.7. The molecule has 100 valence electrons. The van der Waals surface area contributed by atoms with E-state index in [0.29, 0.717) is 10.9 Å². The number of H-pyrrole nitrogens is 1. The highest BCUT2D eigenvalue weighted by Gasteiger charge is 2.20. The average molecular weight is 341 g/mol. The van der Waals surface area contributed by atoms with Gasteiger partial charge in [0.05, 0.1) is 0 Å². The second kappa shape index (κ2) is 5.63. The van der Waals surface area contributed by atoms with Gasteiger partial charge >= 0.3 is 0 Å². The van der Waals surface area contributed by atoms with Crippen LogP contribution in [0.1, 0.15) is 43.8 Å². The monoisotopic (exact) mass is 339 g/mol. The Morgan fingerprint density at radius 2 is 2.00 bits per heavy atom. The summed E-state index contributed by atoms with van der Waals surface area (Å²) in [6.45, 7) is 0. The van der Waals surface area contributed by atoms with E-state index in [0.717, 1.165) is 21.7 Å². The topological polar surface area (TPSA) is 41.6 Å². The molecule has 3 rings (SSSR count). The molecule has 0 atom stereocenters. The molecular weight excluding hydrogens is 326 g/mol. The Morgan fingerprint density at radius 1 is 1.21 bits per heavy atom. The van der Waals surface area contributed by atoms with Gasteiger partial charge in [-0.25, -0.2) is 4.98 Å². The van der Waals surface area contributed by atoms with E-state index in [9.17, 15) is 0 Å². The highest BCUT2D eigenvalue weighted by Crippen LogP contribution is 2.33. The van der Waals surface area contributed by atoms with Gasteiger partial charge < -0.3 is 0 Å². The molecule has 2 aromatic rings. The van der Waals surface area contributed by atoms with Gasteiger partial charge in [0.2, 0.25) is 0 Å². The number of aromatic nitrogens is 3. The van der Waals surface area contributed by atoms with Crippen molar-refractivity contribution in [3.05, 3.63) is 33.5 Å². The summed E-state index contributed by atoms with van der Waals surface area (Å²) in [4.78, 5) is 4.65. The number of rotatable bonds is 2. The van der Waals surface area contributed by atoms with Crippen LogP contribution in [0.2, 0.25) is 5.02 Å². The minimum absolute atomic E-state index is 0.535. The summed E-state index contributed by atoms with van der Waals surface area (Å²) in [6.07, 6.45) is 6.36. The maximum atomic E-state index is 6.04. The predicted octanol–water partition coefficient (Wildman–Crippen LogP) is 4.94. The highest BCUT2D eigenvalue weighted by molar-refractivity contribution is 9.10. The summed E-state index contributed by atoms with van der Waals surface area (Å²) < 4.78 is 0.964. The van der Waals surface area contributed by atoms with Crippen molar-refractivity contribution in [1.29, 1.82) is 0 Å². The first kappa shape index (κ1) is 13.1. The van der Waals surface area contributed by atoms with E-state index in [2.05, 4.69) is 31.1 Å². The van der Waals surface area contributed by atoms with Crippen LogP contribution in [0.3, 0.4) is 0 Å². The van der Waals surface area contributed by atoms with Crippen LogP contribution < -0.4 is 0 Å². The summed E-state index contributed by atoms with van der Waals surface area (Å²) in [5, 5.41) is 8.13. The average Bonchev–Trinajstić information content (AvgIpc) is 2.92. The Morgan fingerprint density at radius 3 is 2.79 bits per heavy atom. The van der Waals surface area contributed by atoms with E-state index in [4.69, 9.17) is 11.6 Å². The molecule has 0 aliphatic heterocycles. The molecule has 1 aliphatic carbocycles. The van der Waals surface area contributed by atoms with Crippen LogP contribution in [-0.2, 0) is 0 Å². The number of hydrogen-bond acceptors (Lipinski definition) is 2. The van der Waals surface area contributed by atoms with E-state index < -0.39 is 0 Å². The van der Waals surface area contributed by atoms with Crippen molar-refractivity contribution in [2.24, 2.45) is 0 Å². The minimum Gasteiger partial charge on any atom is -0.262 e. The molecular formula is C14H15BrClN3. The summed E-state index contributed by atoms with van der Waals surface area (Å²) in [5.74, 6) is 2.27. The van der Waals surface area contributed by atoms with Crippen molar-refractivity contribution in [3.63, 3.8) is 0 Å². The Hall–Kier alpha value is -0.870. The van der Waals surface area contributed by atoms with E-state index in [1.165, 1.54) is 32.1 Å². The molecule has 5 heteroatoms. The van der Waals surface area contributed by atoms with Crippen molar-refractivity contribution < 1.29 is 0 Å². The lowest BCUT2D eigenvalue weighted by atomic mass is 9.89. The summed E-state index contributed by atoms with van der Waals surface area (Å²) >= 11 is 9.56. The summed E-state index contributed by atoms with van der Waals surface area (Å²) in [5.41, 5.74) is 0.936. The Kier molecular flexibility index (Phi) is 3.89. The highest BCUT2D eigenvalue weighted by atomic mass is 79.9. The third kappa shape index (κ3) is 2.84. The predicted molar refractivity (Wildman–Crippen MR) is 80.4 cm³/mol. The Labute approximate surface area is 125 Å². The zero-order valence-electron chi connectivity index (χ0n) is 10.5. The van der Waals surface area contributed by atoms with Crippen LogP contribution in [0.15, 0.2) is 22.7 Å². The first-order valence-electron chi connectivity index (χ1n) is 6.62. The number of nitrogens with one attached hydrogen (secondary N) is 1.